The van der Waals surface area contributed by atoms with E-state index in [0.717, 1.165) is 0 Å². The molecule has 0 saturated heterocycles. The molecule has 1 aromatic rings. The molecule has 6 heteroatoms. The van der Waals surface area contributed by atoms with E-state index < -0.39 is 10.3 Å². The first kappa shape index (κ1) is 13.6. The van der Waals surface area contributed by atoms with E-state index in [9.17, 15) is 8.42 Å². The van der Waals surface area contributed by atoms with Crippen molar-refractivity contribution < 1.29 is 8.42 Å². The van der Waals surface area contributed by atoms with E-state index >= 15 is 0 Å². The smallest absolute Gasteiger partial charge is 0.218 e. The molecule has 1 aliphatic rings. The van der Waals surface area contributed by atoms with Gasteiger partial charge in [-0.1, -0.05) is 41.9 Å². The topological polar surface area (TPSA) is 84.0 Å². The zero-order valence-corrected chi connectivity index (χ0v) is 11.3. The van der Waals surface area contributed by atoms with Gasteiger partial charge < -0.3 is 5.73 Å². The average molecular weight is 294 g/mol. The Morgan fingerprint density at radius 1 is 1.32 bits per heavy atom. The van der Waals surface area contributed by atoms with Gasteiger partial charge in [-0.25, -0.2) is 0 Å². The molecule has 4 nitrogen and oxygen atoms in total. The van der Waals surface area contributed by atoms with Crippen LogP contribution in [0.1, 0.15) is 17.5 Å². The summed E-state index contributed by atoms with van der Waals surface area (Å²) in [4.78, 5) is 0.235. The summed E-state index contributed by atoms with van der Waals surface area (Å²) in [5.74, 6) is -0.0432. The van der Waals surface area contributed by atoms with E-state index in [-0.39, 0.29) is 22.2 Å². The molecule has 0 saturated carbocycles. The van der Waals surface area contributed by atoms with Gasteiger partial charge in [0.1, 0.15) is 5.84 Å². The van der Waals surface area contributed by atoms with Crippen molar-refractivity contribution in [1.82, 2.24) is 0 Å². The monoisotopic (exact) mass is 293 g/mol. The van der Waals surface area contributed by atoms with E-state index in [4.69, 9.17) is 22.7 Å². The van der Waals surface area contributed by atoms with Gasteiger partial charge in [0.25, 0.3) is 0 Å². The molecule has 1 aliphatic carbocycles. The molecule has 0 spiro atoms. The van der Waals surface area contributed by atoms with E-state index in [1.807, 2.05) is 0 Å². The number of hydrogen-bond acceptors (Lipinski definition) is 3. The van der Waals surface area contributed by atoms with Crippen molar-refractivity contribution in [3.63, 3.8) is 0 Å². The fourth-order valence-electron chi connectivity index (χ4n) is 1.79. The third-order valence-corrected chi connectivity index (χ3v) is 3.77. The molecular formula is C13H10ClN2O2S. The average Bonchev–Trinajstić information content (AvgIpc) is 2.38. The van der Waals surface area contributed by atoms with Crippen molar-refractivity contribution in [2.24, 2.45) is 5.73 Å². The Kier molecular flexibility index (Phi) is 3.87. The number of rotatable bonds is 2. The van der Waals surface area contributed by atoms with Crippen LogP contribution in [-0.2, 0) is 10.3 Å². The van der Waals surface area contributed by atoms with Crippen LogP contribution in [0.4, 0.5) is 0 Å². The first-order valence-electron chi connectivity index (χ1n) is 5.39. The number of nitrogens with one attached hydrogen (secondary N) is 1. The summed E-state index contributed by atoms with van der Waals surface area (Å²) in [6.07, 6.45) is 4.67. The highest BCUT2D eigenvalue weighted by atomic mass is 35.5. The maximum absolute atomic E-state index is 11.2. The van der Waals surface area contributed by atoms with E-state index in [1.54, 1.807) is 30.3 Å². The minimum Gasteiger partial charge on any atom is -0.384 e. The van der Waals surface area contributed by atoms with Crippen LogP contribution < -0.4 is 5.73 Å². The minimum atomic E-state index is -2.33. The summed E-state index contributed by atoms with van der Waals surface area (Å²) < 4.78 is 22.5. The summed E-state index contributed by atoms with van der Waals surface area (Å²) >= 11 is 6.03. The molecule has 0 unspecified atom stereocenters. The largest absolute Gasteiger partial charge is 0.384 e. The van der Waals surface area contributed by atoms with Crippen LogP contribution in [0, 0.1) is 11.5 Å². The van der Waals surface area contributed by atoms with Crippen LogP contribution in [0.25, 0.3) is 5.57 Å². The van der Waals surface area contributed by atoms with Crippen molar-refractivity contribution in [1.29, 1.82) is 5.41 Å². The molecule has 97 valence electrons. The van der Waals surface area contributed by atoms with E-state index in [0.29, 0.717) is 16.7 Å². The number of nitrogen functional groups attached to an aromatic ring is 1. The Morgan fingerprint density at radius 2 is 1.95 bits per heavy atom. The molecule has 0 bridgehead atoms. The lowest BCUT2D eigenvalue weighted by molar-refractivity contribution is 0.627. The molecule has 0 atom stereocenters. The van der Waals surface area contributed by atoms with E-state index in [1.165, 1.54) is 0 Å². The zero-order chi connectivity index (χ0) is 14.0. The highest BCUT2D eigenvalue weighted by Crippen LogP contribution is 2.28. The van der Waals surface area contributed by atoms with Crippen molar-refractivity contribution in [3.05, 3.63) is 52.6 Å². The summed E-state index contributed by atoms with van der Waals surface area (Å²) in [5, 5.41) is 7.58. The van der Waals surface area contributed by atoms with Gasteiger partial charge in [0.2, 0.25) is 10.3 Å². The fourth-order valence-corrected chi connectivity index (χ4v) is 2.75. The van der Waals surface area contributed by atoms with Gasteiger partial charge in [-0.3, -0.25) is 5.41 Å². The Hall–Kier alpha value is -1.85. The maximum atomic E-state index is 11.2. The maximum Gasteiger partial charge on any atom is 0.218 e. The van der Waals surface area contributed by atoms with Gasteiger partial charge in [-0.2, -0.15) is 8.42 Å². The molecule has 0 aromatic heterocycles. The summed E-state index contributed by atoms with van der Waals surface area (Å²) in [5.41, 5.74) is 7.05. The Balaban J connectivity index is 2.58. The number of hydrogen-bond donors (Lipinski definition) is 2. The predicted octanol–water partition coefficient (Wildman–Crippen LogP) is 1.74. The lowest BCUT2D eigenvalue weighted by Gasteiger charge is -2.13. The van der Waals surface area contributed by atoms with Crippen LogP contribution in [0.3, 0.4) is 0 Å². The highest BCUT2D eigenvalue weighted by molar-refractivity contribution is 7.74. The van der Waals surface area contributed by atoms with Crippen molar-refractivity contribution >= 4 is 38.2 Å². The normalized spacial score (nSPS) is 14.7. The first-order valence-corrected chi connectivity index (χ1v) is 6.84. The van der Waals surface area contributed by atoms with Crippen LogP contribution in [0.15, 0.2) is 35.4 Å². The number of amidine groups is 1. The van der Waals surface area contributed by atoms with Crippen LogP contribution in [0.5, 0.6) is 0 Å². The lowest BCUT2D eigenvalue weighted by atomic mass is 9.96. The molecule has 0 heterocycles. The third kappa shape index (κ3) is 2.77. The molecule has 0 fully saturated rings. The molecule has 19 heavy (non-hydrogen) atoms. The summed E-state index contributed by atoms with van der Waals surface area (Å²) in [6, 6.07) is 6.68. The molecule has 0 aliphatic heterocycles. The van der Waals surface area contributed by atoms with Crippen molar-refractivity contribution in [3.8, 4) is 0 Å². The number of nitrogens with two attached hydrogens (primary N) is 1. The number of halogens is 1. The van der Waals surface area contributed by atoms with E-state index in [2.05, 4.69) is 6.08 Å². The molecule has 1 aromatic carbocycles. The van der Waals surface area contributed by atoms with Crippen molar-refractivity contribution in [2.45, 2.75) is 6.42 Å². The summed E-state index contributed by atoms with van der Waals surface area (Å²) in [7, 11) is -2.33. The Labute approximate surface area is 117 Å². The SMILES string of the molecule is N=C(N)c1ccc(C2=C(Cl)[C]=CCC2=S(=O)=O)cc1. The van der Waals surface area contributed by atoms with Crippen LogP contribution in [0.2, 0.25) is 0 Å². The predicted molar refractivity (Wildman–Crippen MR) is 76.6 cm³/mol. The van der Waals surface area contributed by atoms with Gasteiger partial charge in [0.15, 0.2) is 0 Å². The quantitative estimate of drug-likeness (QED) is 0.495. The Bertz CT molecular complexity index is 720. The van der Waals surface area contributed by atoms with Crippen LogP contribution >= 0.6 is 11.6 Å². The van der Waals surface area contributed by atoms with Gasteiger partial charge >= 0.3 is 0 Å². The minimum absolute atomic E-state index is 0.0432. The summed E-state index contributed by atoms with van der Waals surface area (Å²) in [6.45, 7) is 0. The van der Waals surface area contributed by atoms with Gasteiger partial charge in [-0.15, -0.1) is 0 Å². The highest BCUT2D eigenvalue weighted by Gasteiger charge is 2.17. The number of allylic oxidation sites excluding steroid dienone is 4. The zero-order valence-electron chi connectivity index (χ0n) is 9.77. The molecular weight excluding hydrogens is 284 g/mol. The van der Waals surface area contributed by atoms with Gasteiger partial charge in [-0.05, 0) is 11.6 Å². The molecule has 1 radical (unpaired) electrons. The molecule has 0 amide bonds. The van der Waals surface area contributed by atoms with Crippen LogP contribution in [-0.4, -0.2) is 19.1 Å². The van der Waals surface area contributed by atoms with Gasteiger partial charge in [0, 0.05) is 17.6 Å². The Morgan fingerprint density at radius 3 is 2.47 bits per heavy atom. The number of benzene rings is 1. The second-order valence-electron chi connectivity index (χ2n) is 3.89. The third-order valence-electron chi connectivity index (χ3n) is 2.70. The second kappa shape index (κ2) is 5.42. The van der Waals surface area contributed by atoms with Crippen molar-refractivity contribution in [2.75, 3.05) is 0 Å². The van der Waals surface area contributed by atoms with Gasteiger partial charge in [0.05, 0.1) is 9.90 Å². The second-order valence-corrected chi connectivity index (χ2v) is 5.23. The molecule has 2 rings (SSSR count). The fraction of sp³-hybridized carbons (Fsp3) is 0.0769. The standard InChI is InChI=1S/C13H10ClN2O2S/c14-10-2-1-3-11(19(17)18)12(10)8-4-6-9(7-5-8)13(15)16/h1,4-7H,3H2,(H3,15,16). The lowest BCUT2D eigenvalue weighted by Crippen LogP contribution is -2.11. The molecule has 3 N–H and O–H groups in total. The first-order chi connectivity index (χ1) is 9.00.